The van der Waals surface area contributed by atoms with Crippen LogP contribution in [-0.4, -0.2) is 48.8 Å². The minimum absolute atomic E-state index is 0.0422. The average molecular weight is 464 g/mol. The van der Waals surface area contributed by atoms with Crippen LogP contribution in [0.4, 0.5) is 11.4 Å². The highest BCUT2D eigenvalue weighted by Gasteiger charge is 2.47. The van der Waals surface area contributed by atoms with Crippen LogP contribution in [0.15, 0.2) is 47.5 Å². The second-order valence-electron chi connectivity index (χ2n) is 7.62. The number of nitrogens with one attached hydrogen (secondary N) is 1. The van der Waals surface area contributed by atoms with Crippen molar-refractivity contribution in [3.63, 3.8) is 0 Å². The summed E-state index contributed by atoms with van der Waals surface area (Å²) in [5.41, 5.74) is 3.76. The first-order valence-electron chi connectivity index (χ1n) is 9.55. The Balaban J connectivity index is 1.50. The Morgan fingerprint density at radius 3 is 2.63 bits per heavy atom. The molecule has 0 bridgehead atoms. The Morgan fingerprint density at radius 1 is 1.20 bits per heavy atom. The van der Waals surface area contributed by atoms with Crippen LogP contribution in [0, 0.1) is 13.8 Å². The quantitative estimate of drug-likeness (QED) is 0.748. The molecule has 2 aliphatic heterocycles. The molecule has 158 valence electrons. The van der Waals surface area contributed by atoms with E-state index in [1.807, 2.05) is 49.1 Å². The Morgan fingerprint density at radius 2 is 1.93 bits per heavy atom. The van der Waals surface area contributed by atoms with Crippen molar-refractivity contribution < 1.29 is 13.2 Å². The monoisotopic (exact) mass is 463 g/mol. The number of sulfone groups is 1. The van der Waals surface area contributed by atoms with E-state index in [2.05, 4.69) is 10.3 Å². The molecule has 2 aromatic carbocycles. The summed E-state index contributed by atoms with van der Waals surface area (Å²) < 4.78 is 24.2. The van der Waals surface area contributed by atoms with Gasteiger partial charge in [0.25, 0.3) is 0 Å². The number of carbonyl (C=O) groups is 1. The number of hydrogen-bond acceptors (Lipinski definition) is 6. The van der Waals surface area contributed by atoms with Gasteiger partial charge in [-0.15, -0.1) is 0 Å². The van der Waals surface area contributed by atoms with Crippen LogP contribution in [0.2, 0.25) is 5.02 Å². The highest BCUT2D eigenvalue weighted by molar-refractivity contribution is 8.14. The number of rotatable bonds is 4. The number of anilines is 2. The third-order valence-corrected chi connectivity index (χ3v) is 8.12. The zero-order chi connectivity index (χ0) is 21.5. The van der Waals surface area contributed by atoms with Gasteiger partial charge < -0.3 is 10.2 Å². The summed E-state index contributed by atoms with van der Waals surface area (Å²) in [7, 11) is -3.12. The van der Waals surface area contributed by atoms with Crippen molar-refractivity contribution in [3.8, 4) is 0 Å². The minimum Gasteiger partial charge on any atom is -0.325 e. The van der Waals surface area contributed by atoms with E-state index in [-0.39, 0.29) is 35.2 Å². The van der Waals surface area contributed by atoms with Gasteiger partial charge in [0.1, 0.15) is 0 Å². The number of amidine groups is 1. The minimum atomic E-state index is -3.12. The zero-order valence-electron chi connectivity index (χ0n) is 16.6. The summed E-state index contributed by atoms with van der Waals surface area (Å²) in [5, 5.41) is 4.21. The fourth-order valence-corrected chi connectivity index (χ4v) is 6.70. The first-order chi connectivity index (χ1) is 14.2. The molecular formula is C21H22ClN3O3S2. The van der Waals surface area contributed by atoms with E-state index >= 15 is 0 Å². The van der Waals surface area contributed by atoms with Gasteiger partial charge in [0.2, 0.25) is 5.91 Å². The largest absolute Gasteiger partial charge is 0.325 e. The van der Waals surface area contributed by atoms with Crippen molar-refractivity contribution in [2.45, 2.75) is 25.9 Å². The summed E-state index contributed by atoms with van der Waals surface area (Å²) in [4.78, 5) is 19.1. The number of hydrogen-bond donors (Lipinski definition) is 1. The number of nitrogens with zero attached hydrogens (tertiary/aromatic N) is 2. The number of amides is 1. The third kappa shape index (κ3) is 4.50. The lowest BCUT2D eigenvalue weighted by atomic mass is 10.1. The van der Waals surface area contributed by atoms with E-state index in [4.69, 9.17) is 11.6 Å². The molecule has 0 radical (unpaired) electrons. The van der Waals surface area contributed by atoms with Crippen molar-refractivity contribution in [1.82, 2.24) is 0 Å². The second-order valence-corrected chi connectivity index (χ2v) is 11.2. The van der Waals surface area contributed by atoms with Crippen molar-refractivity contribution in [1.29, 1.82) is 0 Å². The van der Waals surface area contributed by atoms with Crippen LogP contribution in [0.1, 0.15) is 11.1 Å². The second kappa shape index (κ2) is 8.24. The van der Waals surface area contributed by atoms with E-state index < -0.39 is 9.84 Å². The van der Waals surface area contributed by atoms with Gasteiger partial charge in [0.15, 0.2) is 15.0 Å². The fourth-order valence-electron chi connectivity index (χ4n) is 3.81. The van der Waals surface area contributed by atoms with Crippen molar-refractivity contribution in [2.75, 3.05) is 27.5 Å². The first-order valence-corrected chi connectivity index (χ1v) is 12.7. The fraction of sp³-hybridized carbons (Fsp3) is 0.333. The van der Waals surface area contributed by atoms with Crippen LogP contribution in [0.3, 0.4) is 0 Å². The molecule has 0 aromatic heterocycles. The molecular weight excluding hydrogens is 442 g/mol. The molecule has 4 rings (SSSR count). The average Bonchev–Trinajstić information content (AvgIpc) is 3.14. The van der Waals surface area contributed by atoms with Gasteiger partial charge >= 0.3 is 0 Å². The molecule has 2 aliphatic rings. The van der Waals surface area contributed by atoms with E-state index in [0.717, 1.165) is 22.5 Å². The number of aliphatic imine (C=N–C) groups is 1. The molecule has 0 aliphatic carbocycles. The predicted molar refractivity (Wildman–Crippen MR) is 125 cm³/mol. The highest BCUT2D eigenvalue weighted by atomic mass is 35.5. The molecule has 0 unspecified atom stereocenters. The van der Waals surface area contributed by atoms with Gasteiger partial charge in [-0.05, 0) is 49.7 Å². The van der Waals surface area contributed by atoms with Crippen molar-refractivity contribution >= 4 is 55.6 Å². The molecule has 0 spiro atoms. The molecule has 1 N–H and O–H groups in total. The molecule has 1 saturated heterocycles. The van der Waals surface area contributed by atoms with Crippen LogP contribution >= 0.6 is 23.4 Å². The van der Waals surface area contributed by atoms with Crippen LogP contribution in [0.25, 0.3) is 0 Å². The molecule has 2 aromatic rings. The molecule has 2 atom stereocenters. The number of halogens is 1. The summed E-state index contributed by atoms with van der Waals surface area (Å²) in [6.07, 6.45) is 0. The topological polar surface area (TPSA) is 78.8 Å². The number of benzene rings is 2. The van der Waals surface area contributed by atoms with Gasteiger partial charge in [-0.25, -0.2) is 8.42 Å². The summed E-state index contributed by atoms with van der Waals surface area (Å²) in [6.45, 7) is 3.97. The standard InChI is InChI=1S/C21H22ClN3O3S2/c1-13-3-8-17(14(2)9-13)23-20(26)10-29-21-24-18-11-30(27,28)12-19(18)25(21)16-6-4-15(22)5-7-16/h3-9,18-19H,10-12H2,1-2H3,(H,23,26)/t18-,19-/m1/s1. The third-order valence-electron chi connectivity index (χ3n) is 5.20. The summed E-state index contributed by atoms with van der Waals surface area (Å²) in [6, 6.07) is 12.6. The molecule has 9 heteroatoms. The van der Waals surface area contributed by atoms with E-state index in [1.165, 1.54) is 11.8 Å². The van der Waals surface area contributed by atoms with E-state index in [1.54, 1.807) is 12.1 Å². The SMILES string of the molecule is Cc1ccc(NC(=O)CSC2=N[C@@H]3CS(=O)(=O)C[C@H]3N2c2ccc(Cl)cc2)c(C)c1. The maximum absolute atomic E-state index is 12.5. The Bertz CT molecular complexity index is 1120. The van der Waals surface area contributed by atoms with Crippen LogP contribution < -0.4 is 10.2 Å². The Kier molecular flexibility index (Phi) is 5.83. The highest BCUT2D eigenvalue weighted by Crippen LogP contribution is 2.35. The maximum atomic E-state index is 12.5. The van der Waals surface area contributed by atoms with Gasteiger partial charge in [0, 0.05) is 16.4 Å². The number of thioether (sulfide) groups is 1. The molecule has 1 fully saturated rings. The van der Waals surface area contributed by atoms with Gasteiger partial charge in [-0.3, -0.25) is 9.79 Å². The van der Waals surface area contributed by atoms with Crippen molar-refractivity contribution in [2.24, 2.45) is 4.99 Å². The first kappa shape index (κ1) is 21.2. The molecule has 1 amide bonds. The van der Waals surface area contributed by atoms with Crippen LogP contribution in [0.5, 0.6) is 0 Å². The zero-order valence-corrected chi connectivity index (χ0v) is 19.0. The van der Waals surface area contributed by atoms with Gasteiger partial charge in [-0.1, -0.05) is 41.1 Å². The van der Waals surface area contributed by atoms with Crippen LogP contribution in [-0.2, 0) is 14.6 Å². The number of carbonyl (C=O) groups excluding carboxylic acids is 1. The lowest BCUT2D eigenvalue weighted by Crippen LogP contribution is -2.39. The molecule has 0 saturated carbocycles. The lowest BCUT2D eigenvalue weighted by molar-refractivity contribution is -0.113. The Labute approximate surface area is 185 Å². The number of aryl methyl sites for hydroxylation is 2. The molecule has 30 heavy (non-hydrogen) atoms. The summed E-state index contributed by atoms with van der Waals surface area (Å²) >= 11 is 7.33. The normalized spacial score (nSPS) is 22.0. The smallest absolute Gasteiger partial charge is 0.234 e. The Hall–Kier alpha value is -2.03. The summed E-state index contributed by atoms with van der Waals surface area (Å²) in [5.74, 6) is 0.154. The maximum Gasteiger partial charge on any atom is 0.234 e. The number of fused-ring (bicyclic) bond motifs is 1. The van der Waals surface area contributed by atoms with Gasteiger partial charge in [-0.2, -0.15) is 0 Å². The van der Waals surface area contributed by atoms with Crippen molar-refractivity contribution in [3.05, 3.63) is 58.6 Å². The van der Waals surface area contributed by atoms with E-state index in [9.17, 15) is 13.2 Å². The van der Waals surface area contributed by atoms with E-state index in [0.29, 0.717) is 10.2 Å². The molecule has 2 heterocycles. The predicted octanol–water partition coefficient (Wildman–Crippen LogP) is 3.67. The lowest BCUT2D eigenvalue weighted by Gasteiger charge is -2.26. The van der Waals surface area contributed by atoms with Gasteiger partial charge in [0.05, 0.1) is 29.3 Å². The molecule has 6 nitrogen and oxygen atoms in total.